The van der Waals surface area contributed by atoms with Gasteiger partial charge in [-0.2, -0.15) is 0 Å². The van der Waals surface area contributed by atoms with Crippen LogP contribution >= 0.6 is 11.3 Å². The molecule has 1 atom stereocenters. The predicted molar refractivity (Wildman–Crippen MR) is 128 cm³/mol. The molecule has 2 heterocycles. The van der Waals surface area contributed by atoms with E-state index in [0.717, 1.165) is 35.4 Å². The fourth-order valence-corrected chi connectivity index (χ4v) is 4.92. The standard InChI is InChI=1S/C26H24N2O3S/c1-18-12-13-23-24(15-18)32-26(27-23)28(17-22-11-6-14-30-22)25(29)19-7-5-10-21(16-19)31-20-8-3-2-4-9-20/h2-5,7-10,12-13,15-16,22H,6,11,14,17H2,1H3. The van der Waals surface area contributed by atoms with Crippen LogP contribution in [0.3, 0.4) is 0 Å². The minimum Gasteiger partial charge on any atom is -0.457 e. The molecule has 162 valence electrons. The maximum atomic E-state index is 13.7. The number of ether oxygens (including phenoxy) is 2. The van der Waals surface area contributed by atoms with Gasteiger partial charge in [-0.05, 0) is 67.8 Å². The molecule has 1 aromatic heterocycles. The van der Waals surface area contributed by atoms with Crippen molar-refractivity contribution in [3.8, 4) is 11.5 Å². The monoisotopic (exact) mass is 444 g/mol. The van der Waals surface area contributed by atoms with Gasteiger partial charge in [0.15, 0.2) is 5.13 Å². The summed E-state index contributed by atoms with van der Waals surface area (Å²) in [5.74, 6) is 1.25. The highest BCUT2D eigenvalue weighted by Crippen LogP contribution is 2.32. The van der Waals surface area contributed by atoms with E-state index in [2.05, 4.69) is 13.0 Å². The summed E-state index contributed by atoms with van der Waals surface area (Å²) >= 11 is 1.54. The second kappa shape index (κ2) is 9.10. The molecule has 4 aromatic rings. The van der Waals surface area contributed by atoms with Crippen molar-refractivity contribution in [2.75, 3.05) is 18.1 Å². The van der Waals surface area contributed by atoms with E-state index in [1.165, 1.54) is 16.9 Å². The number of nitrogens with zero attached hydrogens (tertiary/aromatic N) is 2. The maximum Gasteiger partial charge on any atom is 0.260 e. The van der Waals surface area contributed by atoms with Crippen molar-refractivity contribution in [2.24, 2.45) is 0 Å². The molecule has 1 aliphatic heterocycles. The van der Waals surface area contributed by atoms with Crippen LogP contribution in [0.2, 0.25) is 0 Å². The second-order valence-electron chi connectivity index (χ2n) is 7.96. The van der Waals surface area contributed by atoms with Crippen LogP contribution in [0, 0.1) is 6.92 Å². The Bertz CT molecular complexity index is 1230. The van der Waals surface area contributed by atoms with Gasteiger partial charge in [0, 0.05) is 12.2 Å². The number of thiazole rings is 1. The zero-order valence-corrected chi connectivity index (χ0v) is 18.7. The molecule has 1 amide bonds. The van der Waals surface area contributed by atoms with Crippen LogP contribution in [-0.4, -0.2) is 30.1 Å². The van der Waals surface area contributed by atoms with E-state index in [1.807, 2.05) is 60.7 Å². The molecule has 32 heavy (non-hydrogen) atoms. The van der Waals surface area contributed by atoms with E-state index in [-0.39, 0.29) is 12.0 Å². The van der Waals surface area contributed by atoms with Crippen LogP contribution in [0.5, 0.6) is 11.5 Å². The third-order valence-electron chi connectivity index (χ3n) is 5.48. The smallest absolute Gasteiger partial charge is 0.260 e. The first kappa shape index (κ1) is 20.7. The zero-order valence-electron chi connectivity index (χ0n) is 17.9. The summed E-state index contributed by atoms with van der Waals surface area (Å²) < 4.78 is 12.9. The molecular formula is C26H24N2O3S. The number of aromatic nitrogens is 1. The fraction of sp³-hybridized carbons (Fsp3) is 0.231. The lowest BCUT2D eigenvalue weighted by Gasteiger charge is -2.23. The third-order valence-corrected chi connectivity index (χ3v) is 6.52. The van der Waals surface area contributed by atoms with Crippen LogP contribution in [-0.2, 0) is 4.74 Å². The number of amides is 1. The summed E-state index contributed by atoms with van der Waals surface area (Å²) in [7, 11) is 0. The highest BCUT2D eigenvalue weighted by atomic mass is 32.1. The van der Waals surface area contributed by atoms with Crippen LogP contribution in [0.4, 0.5) is 5.13 Å². The summed E-state index contributed by atoms with van der Waals surface area (Å²) in [6, 6.07) is 23.0. The largest absolute Gasteiger partial charge is 0.457 e. The van der Waals surface area contributed by atoms with Gasteiger partial charge in [0.1, 0.15) is 11.5 Å². The summed E-state index contributed by atoms with van der Waals surface area (Å²) in [5.41, 5.74) is 2.64. The van der Waals surface area contributed by atoms with Gasteiger partial charge in [0.25, 0.3) is 5.91 Å². The van der Waals surface area contributed by atoms with Gasteiger partial charge in [-0.25, -0.2) is 4.98 Å². The highest BCUT2D eigenvalue weighted by Gasteiger charge is 2.27. The predicted octanol–water partition coefficient (Wildman–Crippen LogP) is 6.22. The number of fused-ring (bicyclic) bond motifs is 1. The Morgan fingerprint density at radius 2 is 1.94 bits per heavy atom. The van der Waals surface area contributed by atoms with Gasteiger partial charge < -0.3 is 9.47 Å². The van der Waals surface area contributed by atoms with Crippen molar-refractivity contribution in [3.63, 3.8) is 0 Å². The van der Waals surface area contributed by atoms with Crippen LogP contribution in [0.1, 0.15) is 28.8 Å². The number of anilines is 1. The zero-order chi connectivity index (χ0) is 21.9. The number of carbonyl (C=O) groups excluding carboxylic acids is 1. The van der Waals surface area contributed by atoms with Gasteiger partial charge in [-0.1, -0.05) is 41.7 Å². The average molecular weight is 445 g/mol. The number of rotatable bonds is 6. The molecule has 1 unspecified atom stereocenters. The lowest BCUT2D eigenvalue weighted by molar-refractivity contribution is 0.0917. The molecule has 0 saturated carbocycles. The SMILES string of the molecule is Cc1ccc2nc(N(CC3CCCO3)C(=O)c3cccc(Oc4ccccc4)c3)sc2c1. The minimum atomic E-state index is -0.102. The Labute approximate surface area is 191 Å². The van der Waals surface area contributed by atoms with Crippen LogP contribution in [0.25, 0.3) is 10.2 Å². The number of benzene rings is 3. The lowest BCUT2D eigenvalue weighted by Crippen LogP contribution is -2.37. The summed E-state index contributed by atoms with van der Waals surface area (Å²) in [5, 5.41) is 0.695. The lowest BCUT2D eigenvalue weighted by atomic mass is 10.1. The molecule has 1 aliphatic rings. The number of hydrogen-bond donors (Lipinski definition) is 0. The van der Waals surface area contributed by atoms with E-state index in [4.69, 9.17) is 14.5 Å². The molecule has 0 radical (unpaired) electrons. The first-order valence-electron chi connectivity index (χ1n) is 10.8. The first-order chi connectivity index (χ1) is 15.7. The molecular weight excluding hydrogens is 420 g/mol. The topological polar surface area (TPSA) is 51.7 Å². The van der Waals surface area contributed by atoms with Gasteiger partial charge in [0.2, 0.25) is 0 Å². The quantitative estimate of drug-likeness (QED) is 0.354. The fourth-order valence-electron chi connectivity index (χ4n) is 3.85. The molecule has 1 fully saturated rings. The van der Waals surface area contributed by atoms with Gasteiger partial charge >= 0.3 is 0 Å². The van der Waals surface area contributed by atoms with Crippen molar-refractivity contribution < 1.29 is 14.3 Å². The highest BCUT2D eigenvalue weighted by molar-refractivity contribution is 7.22. The summed E-state index contributed by atoms with van der Waals surface area (Å²) in [6.45, 7) is 3.29. The first-order valence-corrected chi connectivity index (χ1v) is 11.6. The summed E-state index contributed by atoms with van der Waals surface area (Å²) in [4.78, 5) is 20.2. The van der Waals surface area contributed by atoms with Gasteiger partial charge in [0.05, 0.1) is 22.9 Å². The summed E-state index contributed by atoms with van der Waals surface area (Å²) in [6.07, 6.45) is 1.99. The molecule has 0 bridgehead atoms. The number of carbonyl (C=O) groups is 1. The molecule has 3 aromatic carbocycles. The minimum absolute atomic E-state index is 0.0245. The Balaban J connectivity index is 1.46. The molecule has 0 aliphatic carbocycles. The average Bonchev–Trinajstić information content (AvgIpc) is 3.47. The number of hydrogen-bond acceptors (Lipinski definition) is 5. The van der Waals surface area contributed by atoms with E-state index in [0.29, 0.717) is 23.0 Å². The van der Waals surface area contributed by atoms with Crippen molar-refractivity contribution in [3.05, 3.63) is 83.9 Å². The molecule has 0 spiro atoms. The molecule has 5 rings (SSSR count). The molecule has 6 heteroatoms. The van der Waals surface area contributed by atoms with Crippen molar-refractivity contribution >= 4 is 32.6 Å². The van der Waals surface area contributed by atoms with Crippen molar-refractivity contribution in [2.45, 2.75) is 25.9 Å². The second-order valence-corrected chi connectivity index (χ2v) is 8.97. The Morgan fingerprint density at radius 1 is 1.09 bits per heavy atom. The van der Waals surface area contributed by atoms with E-state index in [1.54, 1.807) is 11.0 Å². The Hall–Kier alpha value is -3.22. The van der Waals surface area contributed by atoms with E-state index < -0.39 is 0 Å². The Kier molecular flexibility index (Phi) is 5.88. The van der Waals surface area contributed by atoms with Crippen molar-refractivity contribution in [1.29, 1.82) is 0 Å². The van der Waals surface area contributed by atoms with E-state index in [9.17, 15) is 4.79 Å². The Morgan fingerprint density at radius 3 is 2.75 bits per heavy atom. The number of para-hydroxylation sites is 1. The van der Waals surface area contributed by atoms with Crippen LogP contribution in [0.15, 0.2) is 72.8 Å². The van der Waals surface area contributed by atoms with Gasteiger partial charge in [-0.15, -0.1) is 0 Å². The normalized spacial score (nSPS) is 15.7. The molecule has 5 nitrogen and oxygen atoms in total. The van der Waals surface area contributed by atoms with Crippen LogP contribution < -0.4 is 9.64 Å². The molecule has 1 saturated heterocycles. The van der Waals surface area contributed by atoms with Crippen molar-refractivity contribution in [1.82, 2.24) is 4.98 Å². The number of aryl methyl sites for hydroxylation is 1. The maximum absolute atomic E-state index is 13.7. The molecule has 0 N–H and O–H groups in total. The third kappa shape index (κ3) is 4.52. The van der Waals surface area contributed by atoms with Gasteiger partial charge in [-0.3, -0.25) is 9.69 Å². The van der Waals surface area contributed by atoms with E-state index >= 15 is 0 Å².